The molecule has 1 aliphatic rings. The third-order valence-electron chi connectivity index (χ3n) is 5.63. The van der Waals surface area contributed by atoms with Crippen LogP contribution in [0.2, 0.25) is 0 Å². The molecule has 0 spiro atoms. The summed E-state index contributed by atoms with van der Waals surface area (Å²) >= 11 is 1.46. The third-order valence-corrected chi connectivity index (χ3v) is 6.72. The highest BCUT2D eigenvalue weighted by Gasteiger charge is 2.27. The Morgan fingerprint density at radius 1 is 1.12 bits per heavy atom. The minimum absolute atomic E-state index is 0.0606. The molecule has 32 heavy (non-hydrogen) atoms. The quantitative estimate of drug-likeness (QED) is 0.410. The zero-order valence-corrected chi connectivity index (χ0v) is 19.0. The molecule has 1 N–H and O–H groups in total. The number of hydrogen-bond acceptors (Lipinski definition) is 5. The Kier molecular flexibility index (Phi) is 5.66. The van der Waals surface area contributed by atoms with Gasteiger partial charge in [-0.3, -0.25) is 4.79 Å². The minimum atomic E-state index is -0.230. The Labute approximate surface area is 191 Å². The molecule has 5 rings (SSSR count). The number of hydrogen-bond donors (Lipinski definition) is 1. The Bertz CT molecular complexity index is 1270. The lowest BCUT2D eigenvalue weighted by atomic mass is 10.0. The standard InChI is InChI=1S/C25H25N5OS/c1-3-30-23(28-29-25(30)32-16(2)24(31)26-18-13-14-18)20-15-22(17-9-5-4-6-10-17)27-21-12-8-7-11-19(20)21/h4-12,15-16,18H,3,13-14H2,1-2H3,(H,26,31)/t16-/m1/s1. The van der Waals surface area contributed by atoms with Crippen molar-refractivity contribution in [1.29, 1.82) is 0 Å². The van der Waals surface area contributed by atoms with E-state index in [1.165, 1.54) is 11.8 Å². The molecule has 1 fully saturated rings. The van der Waals surface area contributed by atoms with E-state index < -0.39 is 0 Å². The molecule has 4 aromatic rings. The lowest BCUT2D eigenvalue weighted by Gasteiger charge is -2.13. The third kappa shape index (κ3) is 4.12. The maximum atomic E-state index is 12.5. The number of carbonyl (C=O) groups excluding carboxylic acids is 1. The van der Waals surface area contributed by atoms with E-state index in [0.717, 1.165) is 51.5 Å². The summed E-state index contributed by atoms with van der Waals surface area (Å²) in [4.78, 5) is 17.3. The number of thioether (sulfide) groups is 1. The van der Waals surface area contributed by atoms with Crippen molar-refractivity contribution in [3.63, 3.8) is 0 Å². The first kappa shape index (κ1) is 20.7. The van der Waals surface area contributed by atoms with Crippen LogP contribution in [0.15, 0.2) is 65.8 Å². The second-order valence-electron chi connectivity index (χ2n) is 8.03. The van der Waals surface area contributed by atoms with Gasteiger partial charge in [-0.15, -0.1) is 10.2 Å². The number of nitrogens with one attached hydrogen (secondary N) is 1. The van der Waals surface area contributed by atoms with Gasteiger partial charge in [-0.1, -0.05) is 60.3 Å². The van der Waals surface area contributed by atoms with E-state index in [-0.39, 0.29) is 11.2 Å². The molecule has 2 aromatic carbocycles. The first-order chi connectivity index (χ1) is 15.6. The number of para-hydroxylation sites is 1. The molecule has 1 aliphatic carbocycles. The Balaban J connectivity index is 1.55. The van der Waals surface area contributed by atoms with Gasteiger partial charge >= 0.3 is 0 Å². The van der Waals surface area contributed by atoms with Gasteiger partial charge in [0.2, 0.25) is 5.91 Å². The number of carbonyl (C=O) groups is 1. The number of aromatic nitrogens is 4. The molecular weight excluding hydrogens is 418 g/mol. The number of amides is 1. The second kappa shape index (κ2) is 8.74. The van der Waals surface area contributed by atoms with Crippen molar-refractivity contribution < 1.29 is 4.79 Å². The molecule has 0 aliphatic heterocycles. The van der Waals surface area contributed by atoms with Crippen LogP contribution in [0.25, 0.3) is 33.5 Å². The van der Waals surface area contributed by atoms with Gasteiger partial charge in [0.05, 0.1) is 16.5 Å². The topological polar surface area (TPSA) is 72.7 Å². The average Bonchev–Trinajstić information content (AvgIpc) is 3.56. The molecular formula is C25H25N5OS. The number of benzene rings is 2. The fourth-order valence-corrected chi connectivity index (χ4v) is 4.66. The van der Waals surface area contributed by atoms with Gasteiger partial charge in [0.25, 0.3) is 0 Å². The molecule has 1 saturated carbocycles. The number of nitrogens with zero attached hydrogens (tertiary/aromatic N) is 4. The summed E-state index contributed by atoms with van der Waals surface area (Å²) in [6, 6.07) is 20.7. The summed E-state index contributed by atoms with van der Waals surface area (Å²) in [5.74, 6) is 0.853. The smallest absolute Gasteiger partial charge is 0.233 e. The molecule has 0 bridgehead atoms. The fourth-order valence-electron chi connectivity index (χ4n) is 3.74. The van der Waals surface area contributed by atoms with Crippen molar-refractivity contribution in [2.24, 2.45) is 0 Å². The molecule has 0 radical (unpaired) electrons. The van der Waals surface area contributed by atoms with E-state index in [0.29, 0.717) is 12.6 Å². The summed E-state index contributed by atoms with van der Waals surface area (Å²) < 4.78 is 2.09. The van der Waals surface area contributed by atoms with Crippen LogP contribution in [0.5, 0.6) is 0 Å². The second-order valence-corrected chi connectivity index (χ2v) is 9.34. The van der Waals surface area contributed by atoms with Gasteiger partial charge in [-0.25, -0.2) is 4.98 Å². The van der Waals surface area contributed by atoms with Crippen LogP contribution in [0.3, 0.4) is 0 Å². The molecule has 0 saturated heterocycles. The van der Waals surface area contributed by atoms with Gasteiger partial charge < -0.3 is 9.88 Å². The van der Waals surface area contributed by atoms with Crippen molar-refractivity contribution in [3.8, 4) is 22.6 Å². The highest BCUT2D eigenvalue weighted by molar-refractivity contribution is 8.00. The number of rotatable bonds is 7. The highest BCUT2D eigenvalue weighted by Crippen LogP contribution is 2.33. The van der Waals surface area contributed by atoms with Crippen molar-refractivity contribution in [1.82, 2.24) is 25.1 Å². The molecule has 162 valence electrons. The Morgan fingerprint density at radius 3 is 2.62 bits per heavy atom. The van der Waals surface area contributed by atoms with Gasteiger partial charge in [0, 0.05) is 29.1 Å². The van der Waals surface area contributed by atoms with E-state index in [9.17, 15) is 4.79 Å². The van der Waals surface area contributed by atoms with E-state index in [2.05, 4.69) is 51.3 Å². The molecule has 7 heteroatoms. The minimum Gasteiger partial charge on any atom is -0.352 e. The molecule has 2 heterocycles. The van der Waals surface area contributed by atoms with Gasteiger partial charge in [-0.05, 0) is 38.8 Å². The molecule has 2 aromatic heterocycles. The van der Waals surface area contributed by atoms with Crippen molar-refractivity contribution in [2.75, 3.05) is 0 Å². The van der Waals surface area contributed by atoms with Gasteiger partial charge in [0.1, 0.15) is 0 Å². The van der Waals surface area contributed by atoms with Crippen LogP contribution >= 0.6 is 11.8 Å². The maximum Gasteiger partial charge on any atom is 0.233 e. The Morgan fingerprint density at radius 2 is 1.88 bits per heavy atom. The van der Waals surface area contributed by atoms with Gasteiger partial charge in [0.15, 0.2) is 11.0 Å². The van der Waals surface area contributed by atoms with E-state index >= 15 is 0 Å². The van der Waals surface area contributed by atoms with Crippen molar-refractivity contribution in [2.45, 2.75) is 49.7 Å². The normalized spacial score (nSPS) is 14.4. The largest absolute Gasteiger partial charge is 0.352 e. The highest BCUT2D eigenvalue weighted by atomic mass is 32.2. The predicted octanol–water partition coefficient (Wildman–Crippen LogP) is 4.94. The first-order valence-electron chi connectivity index (χ1n) is 11.0. The summed E-state index contributed by atoms with van der Waals surface area (Å²) in [5.41, 5.74) is 3.87. The first-order valence-corrected chi connectivity index (χ1v) is 11.9. The lowest BCUT2D eigenvalue weighted by molar-refractivity contribution is -0.120. The van der Waals surface area contributed by atoms with E-state index in [1.807, 2.05) is 43.3 Å². The summed E-state index contributed by atoms with van der Waals surface area (Å²) in [6.45, 7) is 4.71. The average molecular weight is 444 g/mol. The summed E-state index contributed by atoms with van der Waals surface area (Å²) in [5, 5.41) is 13.7. The predicted molar refractivity (Wildman–Crippen MR) is 128 cm³/mol. The summed E-state index contributed by atoms with van der Waals surface area (Å²) in [6.07, 6.45) is 2.16. The zero-order valence-electron chi connectivity index (χ0n) is 18.2. The van der Waals surface area contributed by atoms with Crippen LogP contribution in [-0.4, -0.2) is 36.9 Å². The van der Waals surface area contributed by atoms with Crippen LogP contribution < -0.4 is 5.32 Å². The van der Waals surface area contributed by atoms with Crippen LogP contribution in [0.1, 0.15) is 26.7 Å². The van der Waals surface area contributed by atoms with Crippen LogP contribution in [-0.2, 0) is 11.3 Å². The molecule has 6 nitrogen and oxygen atoms in total. The van der Waals surface area contributed by atoms with E-state index in [1.54, 1.807) is 0 Å². The molecule has 1 atom stereocenters. The van der Waals surface area contributed by atoms with Crippen molar-refractivity contribution in [3.05, 3.63) is 60.7 Å². The van der Waals surface area contributed by atoms with Crippen LogP contribution in [0.4, 0.5) is 0 Å². The zero-order chi connectivity index (χ0) is 22.1. The maximum absolute atomic E-state index is 12.5. The van der Waals surface area contributed by atoms with E-state index in [4.69, 9.17) is 4.98 Å². The summed E-state index contributed by atoms with van der Waals surface area (Å²) in [7, 11) is 0. The van der Waals surface area contributed by atoms with Gasteiger partial charge in [-0.2, -0.15) is 0 Å². The molecule has 0 unspecified atom stereocenters. The van der Waals surface area contributed by atoms with Crippen molar-refractivity contribution >= 4 is 28.6 Å². The Hall–Kier alpha value is -3.19. The SMILES string of the molecule is CCn1c(S[C@H](C)C(=O)NC2CC2)nnc1-c1cc(-c2ccccc2)nc2ccccc12. The lowest BCUT2D eigenvalue weighted by Crippen LogP contribution is -2.32. The molecule has 1 amide bonds. The monoisotopic (exact) mass is 443 g/mol. The number of fused-ring (bicyclic) bond motifs is 1. The number of pyridine rings is 1. The van der Waals surface area contributed by atoms with Crippen LogP contribution in [0, 0.1) is 0 Å². The fraction of sp³-hybridized carbons (Fsp3) is 0.280.